The third kappa shape index (κ3) is 3.25. The van der Waals surface area contributed by atoms with Gasteiger partial charge in [0.15, 0.2) is 5.01 Å². The zero-order chi connectivity index (χ0) is 18.3. The van der Waals surface area contributed by atoms with E-state index >= 15 is 0 Å². The number of carbonyl (C=O) groups is 1. The molecule has 1 aliphatic carbocycles. The molecule has 0 unspecified atom stereocenters. The van der Waals surface area contributed by atoms with Crippen molar-refractivity contribution in [2.75, 3.05) is 5.32 Å². The maximum Gasteiger partial charge on any atom is 0.284 e. The van der Waals surface area contributed by atoms with Gasteiger partial charge in [-0.05, 0) is 77.2 Å². The first kappa shape index (κ1) is 17.5. The van der Waals surface area contributed by atoms with Gasteiger partial charge in [0, 0.05) is 3.57 Å². The molecule has 0 saturated heterocycles. The molecule has 1 amide bonds. The highest BCUT2D eigenvalue weighted by molar-refractivity contribution is 14.1. The molecule has 1 N–H and O–H groups in total. The summed E-state index contributed by atoms with van der Waals surface area (Å²) in [6.07, 6.45) is 2.70. The Morgan fingerprint density at radius 2 is 1.92 bits per heavy atom. The van der Waals surface area contributed by atoms with Crippen LogP contribution in [-0.4, -0.2) is 10.9 Å². The lowest BCUT2D eigenvalue weighted by molar-refractivity contribution is 0.102. The largest absolute Gasteiger partial charge is 0.315 e. The average molecular weight is 482 g/mol. The van der Waals surface area contributed by atoms with Crippen LogP contribution in [0.3, 0.4) is 0 Å². The topological polar surface area (TPSA) is 42.0 Å². The number of benzene rings is 2. The molecular formula is C19H13F2IN2OS. The minimum atomic E-state index is -0.809. The number of nitrogens with zero attached hydrogens (tertiary/aromatic N) is 1. The van der Waals surface area contributed by atoms with Gasteiger partial charge in [-0.1, -0.05) is 12.1 Å². The van der Waals surface area contributed by atoms with E-state index in [1.807, 2.05) is 0 Å². The molecule has 0 saturated carbocycles. The lowest BCUT2D eigenvalue weighted by Crippen LogP contribution is -2.14. The highest BCUT2D eigenvalue weighted by Gasteiger charge is 2.23. The molecule has 0 bridgehead atoms. The summed E-state index contributed by atoms with van der Waals surface area (Å²) in [5.41, 5.74) is 2.76. The lowest BCUT2D eigenvalue weighted by Gasteiger charge is -2.06. The van der Waals surface area contributed by atoms with Crippen LogP contribution in [0.4, 0.5) is 14.5 Å². The van der Waals surface area contributed by atoms with Crippen LogP contribution in [0.15, 0.2) is 36.4 Å². The van der Waals surface area contributed by atoms with Crippen molar-refractivity contribution in [3.63, 3.8) is 0 Å². The minimum Gasteiger partial charge on any atom is -0.315 e. The smallest absolute Gasteiger partial charge is 0.284 e. The van der Waals surface area contributed by atoms with Crippen LogP contribution in [0.5, 0.6) is 0 Å². The van der Waals surface area contributed by atoms with Crippen LogP contribution in [0.1, 0.15) is 27.5 Å². The quantitative estimate of drug-likeness (QED) is 0.495. The predicted octanol–water partition coefficient (Wildman–Crippen LogP) is 5.43. The summed E-state index contributed by atoms with van der Waals surface area (Å²) >= 11 is 3.53. The summed E-state index contributed by atoms with van der Waals surface area (Å²) in [5.74, 6) is -2.22. The molecule has 0 aliphatic heterocycles. The van der Waals surface area contributed by atoms with Crippen molar-refractivity contribution in [3.8, 4) is 10.4 Å². The molecule has 7 heteroatoms. The minimum absolute atomic E-state index is 0.212. The molecule has 0 fully saturated rings. The van der Waals surface area contributed by atoms with Crippen molar-refractivity contribution in [1.82, 2.24) is 4.98 Å². The molecule has 132 valence electrons. The van der Waals surface area contributed by atoms with Gasteiger partial charge < -0.3 is 5.32 Å². The van der Waals surface area contributed by atoms with E-state index in [1.54, 1.807) is 0 Å². The van der Waals surface area contributed by atoms with Crippen LogP contribution < -0.4 is 5.32 Å². The molecule has 4 rings (SSSR count). The Balaban J connectivity index is 1.71. The Morgan fingerprint density at radius 1 is 1.15 bits per heavy atom. The number of aryl methyl sites for hydroxylation is 2. The highest BCUT2D eigenvalue weighted by Crippen LogP contribution is 2.38. The molecule has 3 nitrogen and oxygen atoms in total. The maximum absolute atomic E-state index is 13.8. The van der Waals surface area contributed by atoms with Crippen molar-refractivity contribution in [1.29, 1.82) is 0 Å². The monoisotopic (exact) mass is 482 g/mol. The van der Waals surface area contributed by atoms with Gasteiger partial charge in [-0.15, -0.1) is 11.3 Å². The van der Waals surface area contributed by atoms with Gasteiger partial charge >= 0.3 is 0 Å². The van der Waals surface area contributed by atoms with Crippen LogP contribution in [0.2, 0.25) is 0 Å². The summed E-state index contributed by atoms with van der Waals surface area (Å²) in [4.78, 5) is 17.9. The summed E-state index contributed by atoms with van der Waals surface area (Å²) in [5, 5.41) is 2.52. The standard InChI is InChI=1S/C19H13F2IN2OS/c20-13-4-2-5-14(21)16(13)24-18(25)19-23-15-6-1-3-10-7-8-11(22)9-12(10)17(15)26-19/h2,4-5,7-9H,1,3,6H2,(H,24,25). The summed E-state index contributed by atoms with van der Waals surface area (Å²) in [7, 11) is 0. The molecule has 26 heavy (non-hydrogen) atoms. The van der Waals surface area contributed by atoms with Crippen molar-refractivity contribution in [3.05, 3.63) is 67.9 Å². The first-order chi connectivity index (χ1) is 12.5. The fraction of sp³-hybridized carbons (Fsp3) is 0.158. The zero-order valence-corrected chi connectivity index (χ0v) is 16.5. The second-order valence-corrected chi connectivity index (χ2v) is 8.25. The Hall–Kier alpha value is -1.87. The third-order valence-corrected chi connectivity index (χ3v) is 6.07. The van der Waals surface area contributed by atoms with E-state index in [0.717, 1.165) is 51.1 Å². The van der Waals surface area contributed by atoms with Crippen molar-refractivity contribution >= 4 is 45.5 Å². The van der Waals surface area contributed by atoms with Crippen molar-refractivity contribution < 1.29 is 13.6 Å². The van der Waals surface area contributed by atoms with Crippen LogP contribution in [0, 0.1) is 15.2 Å². The van der Waals surface area contributed by atoms with Gasteiger partial charge in [0.2, 0.25) is 0 Å². The summed E-state index contributed by atoms with van der Waals surface area (Å²) < 4.78 is 28.7. The van der Waals surface area contributed by atoms with Gasteiger partial charge in [0.05, 0.1) is 10.6 Å². The first-order valence-corrected chi connectivity index (χ1v) is 9.96. The number of anilines is 1. The van der Waals surface area contributed by atoms with Gasteiger partial charge in [-0.3, -0.25) is 4.79 Å². The fourth-order valence-electron chi connectivity index (χ4n) is 3.04. The van der Waals surface area contributed by atoms with E-state index in [4.69, 9.17) is 0 Å². The Morgan fingerprint density at radius 3 is 2.69 bits per heavy atom. The van der Waals surface area contributed by atoms with Crippen LogP contribution >= 0.6 is 33.9 Å². The van der Waals surface area contributed by atoms with Gasteiger partial charge in [-0.25, -0.2) is 13.8 Å². The predicted molar refractivity (Wildman–Crippen MR) is 107 cm³/mol. The Bertz CT molecular complexity index is 999. The number of hydrogen-bond donors (Lipinski definition) is 1. The number of hydrogen-bond acceptors (Lipinski definition) is 3. The Kier molecular flexibility index (Phi) is 4.74. The fourth-order valence-corrected chi connectivity index (χ4v) is 4.59. The molecule has 0 atom stereocenters. The molecule has 2 aromatic carbocycles. The second kappa shape index (κ2) is 7.03. The van der Waals surface area contributed by atoms with E-state index in [0.29, 0.717) is 0 Å². The molecule has 3 aromatic rings. The third-order valence-electron chi connectivity index (χ3n) is 4.27. The number of rotatable bonds is 2. The number of thiazole rings is 1. The van der Waals surface area contributed by atoms with E-state index in [1.165, 1.54) is 23.0 Å². The van der Waals surface area contributed by atoms with Crippen LogP contribution in [-0.2, 0) is 12.8 Å². The van der Waals surface area contributed by atoms with Crippen LogP contribution in [0.25, 0.3) is 10.4 Å². The van der Waals surface area contributed by atoms with E-state index in [9.17, 15) is 13.6 Å². The SMILES string of the molecule is O=C(Nc1c(F)cccc1F)c1nc2c(s1)-c1cc(I)ccc1CCC2. The van der Waals surface area contributed by atoms with E-state index in [-0.39, 0.29) is 5.01 Å². The first-order valence-electron chi connectivity index (χ1n) is 8.07. The number of halogens is 3. The van der Waals surface area contributed by atoms with E-state index < -0.39 is 23.2 Å². The number of para-hydroxylation sites is 1. The molecule has 0 spiro atoms. The second-order valence-electron chi connectivity index (χ2n) is 6.00. The van der Waals surface area contributed by atoms with Gasteiger partial charge in [0.25, 0.3) is 5.91 Å². The molecule has 1 heterocycles. The highest BCUT2D eigenvalue weighted by atomic mass is 127. The van der Waals surface area contributed by atoms with Crippen molar-refractivity contribution in [2.45, 2.75) is 19.3 Å². The zero-order valence-electron chi connectivity index (χ0n) is 13.5. The number of amides is 1. The normalized spacial score (nSPS) is 12.9. The summed E-state index contributed by atoms with van der Waals surface area (Å²) in [6, 6.07) is 9.74. The molecular weight excluding hydrogens is 469 g/mol. The number of aromatic nitrogens is 1. The average Bonchev–Trinajstić information content (AvgIpc) is 2.96. The number of fused-ring (bicyclic) bond motifs is 3. The lowest BCUT2D eigenvalue weighted by atomic mass is 10.0. The number of carbonyl (C=O) groups excluding carboxylic acids is 1. The Labute approximate surface area is 166 Å². The van der Waals surface area contributed by atoms with Gasteiger partial charge in [-0.2, -0.15) is 0 Å². The number of nitrogens with one attached hydrogen (secondary N) is 1. The molecule has 1 aliphatic rings. The molecule has 0 radical (unpaired) electrons. The molecule has 1 aromatic heterocycles. The maximum atomic E-state index is 13.8. The van der Waals surface area contributed by atoms with Crippen molar-refractivity contribution in [2.24, 2.45) is 0 Å². The van der Waals surface area contributed by atoms with Gasteiger partial charge in [0.1, 0.15) is 17.3 Å². The van der Waals surface area contributed by atoms with E-state index in [2.05, 4.69) is 51.1 Å². The summed E-state index contributed by atoms with van der Waals surface area (Å²) in [6.45, 7) is 0.